The fourth-order valence-electron chi connectivity index (χ4n) is 3.46. The normalized spacial score (nSPS) is 15.3. The third kappa shape index (κ3) is 5.94. The molecule has 1 saturated heterocycles. The van der Waals surface area contributed by atoms with Crippen molar-refractivity contribution in [3.05, 3.63) is 54.6 Å². The van der Waals surface area contributed by atoms with Crippen LogP contribution in [0.25, 0.3) is 0 Å². The van der Waals surface area contributed by atoms with E-state index in [4.69, 9.17) is 0 Å². The van der Waals surface area contributed by atoms with E-state index >= 15 is 0 Å². The summed E-state index contributed by atoms with van der Waals surface area (Å²) in [6, 6.07) is 9.84. The second kappa shape index (κ2) is 9.90. The lowest BCUT2D eigenvalue weighted by atomic mass is 9.98. The van der Waals surface area contributed by atoms with Gasteiger partial charge in [0.05, 0.1) is 6.33 Å². The molecule has 0 spiro atoms. The number of imidazole rings is 1. The monoisotopic (exact) mass is 368 g/mol. The summed E-state index contributed by atoms with van der Waals surface area (Å²) in [5, 5.41) is 3.00. The number of piperidine rings is 1. The molecule has 0 saturated carbocycles. The van der Waals surface area contributed by atoms with Gasteiger partial charge >= 0.3 is 0 Å². The van der Waals surface area contributed by atoms with Crippen molar-refractivity contribution in [1.29, 1.82) is 0 Å². The minimum atomic E-state index is -0.328. The molecule has 27 heavy (non-hydrogen) atoms. The molecule has 2 heterocycles. The van der Waals surface area contributed by atoms with Gasteiger partial charge in [0.15, 0.2) is 0 Å². The van der Waals surface area contributed by atoms with Crippen LogP contribution in [0, 0.1) is 5.92 Å². The maximum Gasteiger partial charge on any atom is 0.223 e. The van der Waals surface area contributed by atoms with E-state index in [1.165, 1.54) is 6.42 Å². The fourth-order valence-corrected chi connectivity index (χ4v) is 3.46. The van der Waals surface area contributed by atoms with E-state index in [-0.39, 0.29) is 24.2 Å². The van der Waals surface area contributed by atoms with E-state index in [1.54, 1.807) is 12.5 Å². The van der Waals surface area contributed by atoms with Gasteiger partial charge in [-0.1, -0.05) is 30.3 Å². The van der Waals surface area contributed by atoms with Crippen molar-refractivity contribution in [3.63, 3.8) is 0 Å². The lowest BCUT2D eigenvalue weighted by molar-refractivity contribution is -0.137. The third-order valence-electron chi connectivity index (χ3n) is 5.11. The summed E-state index contributed by atoms with van der Waals surface area (Å²) in [5.41, 5.74) is 1.06. The molecule has 6 nitrogen and oxygen atoms in total. The molecule has 2 aromatic rings. The van der Waals surface area contributed by atoms with Crippen LogP contribution in [0.2, 0.25) is 0 Å². The van der Waals surface area contributed by atoms with Crippen molar-refractivity contribution in [3.8, 4) is 0 Å². The Labute approximate surface area is 160 Å². The molecule has 0 aliphatic carbocycles. The predicted molar refractivity (Wildman–Crippen MR) is 104 cm³/mol. The third-order valence-corrected chi connectivity index (χ3v) is 5.11. The van der Waals surface area contributed by atoms with Crippen LogP contribution in [0.5, 0.6) is 0 Å². The highest BCUT2D eigenvalue weighted by atomic mass is 16.2. The molecule has 0 radical (unpaired) electrons. The van der Waals surface area contributed by atoms with Crippen LogP contribution >= 0.6 is 0 Å². The molecule has 3 rings (SSSR count). The number of benzene rings is 1. The van der Waals surface area contributed by atoms with E-state index < -0.39 is 0 Å². The summed E-state index contributed by atoms with van der Waals surface area (Å²) < 4.78 is 1.95. The number of carbonyl (C=O) groups is 2. The van der Waals surface area contributed by atoms with Crippen LogP contribution in [-0.4, -0.2) is 39.4 Å². The Balaban J connectivity index is 1.58. The zero-order valence-electron chi connectivity index (χ0n) is 15.7. The zero-order valence-corrected chi connectivity index (χ0v) is 15.7. The van der Waals surface area contributed by atoms with Gasteiger partial charge in [0.25, 0.3) is 0 Å². The molecule has 6 heteroatoms. The van der Waals surface area contributed by atoms with Gasteiger partial charge in [0.2, 0.25) is 11.8 Å². The highest BCUT2D eigenvalue weighted by Crippen LogP contribution is 2.17. The Hall–Kier alpha value is -2.63. The predicted octanol–water partition coefficient (Wildman–Crippen LogP) is 2.61. The molecule has 1 aromatic carbocycles. The van der Waals surface area contributed by atoms with E-state index in [0.717, 1.165) is 31.5 Å². The zero-order chi connectivity index (χ0) is 18.9. The van der Waals surface area contributed by atoms with E-state index in [1.807, 2.05) is 46.0 Å². The molecule has 2 amide bonds. The van der Waals surface area contributed by atoms with Crippen molar-refractivity contribution >= 4 is 11.8 Å². The van der Waals surface area contributed by atoms with Gasteiger partial charge in [-0.2, -0.15) is 0 Å². The van der Waals surface area contributed by atoms with Gasteiger partial charge in [-0.15, -0.1) is 0 Å². The van der Waals surface area contributed by atoms with Crippen LogP contribution < -0.4 is 5.32 Å². The number of nitrogens with zero attached hydrogens (tertiary/aromatic N) is 3. The Morgan fingerprint density at radius 1 is 1.11 bits per heavy atom. The molecule has 1 aromatic heterocycles. The first-order valence-electron chi connectivity index (χ1n) is 9.77. The first-order valence-corrected chi connectivity index (χ1v) is 9.77. The first kappa shape index (κ1) is 19.1. The molecular weight excluding hydrogens is 340 g/mol. The second-order valence-electron chi connectivity index (χ2n) is 7.14. The van der Waals surface area contributed by atoms with Crippen LogP contribution in [0.4, 0.5) is 0 Å². The molecule has 1 N–H and O–H groups in total. The number of carbonyl (C=O) groups excluding carboxylic acids is 2. The SMILES string of the molecule is O=C(NCc1ccccc1)[C@H](CCn1ccnc1)CC(=O)N1CCCCC1. The highest BCUT2D eigenvalue weighted by Gasteiger charge is 2.25. The maximum atomic E-state index is 12.8. The average Bonchev–Trinajstić information content (AvgIpc) is 3.24. The van der Waals surface area contributed by atoms with Crippen molar-refractivity contribution < 1.29 is 9.59 Å². The van der Waals surface area contributed by atoms with Crippen LogP contribution in [0.15, 0.2) is 49.1 Å². The standard InChI is InChI=1S/C21H28N4O2/c26-20(25-11-5-2-6-12-25)15-19(9-13-24-14-10-22-17-24)21(27)23-16-18-7-3-1-4-8-18/h1,3-4,7-8,10,14,17,19H,2,5-6,9,11-13,15-16H2,(H,23,27)/t19-/m1/s1. The molecule has 144 valence electrons. The lowest BCUT2D eigenvalue weighted by Gasteiger charge is -2.28. The summed E-state index contributed by atoms with van der Waals surface area (Å²) in [5.74, 6) is -0.282. The number of hydrogen-bond donors (Lipinski definition) is 1. The van der Waals surface area contributed by atoms with Gasteiger partial charge < -0.3 is 14.8 Å². The first-order chi connectivity index (χ1) is 13.2. The number of rotatable bonds is 8. The number of nitrogens with one attached hydrogen (secondary N) is 1. The van der Waals surface area contributed by atoms with Crippen molar-refractivity contribution in [2.75, 3.05) is 13.1 Å². The van der Waals surface area contributed by atoms with E-state index in [9.17, 15) is 9.59 Å². The summed E-state index contributed by atoms with van der Waals surface area (Å²) in [6.45, 7) is 2.80. The summed E-state index contributed by atoms with van der Waals surface area (Å²) in [4.78, 5) is 31.4. The number of likely N-dealkylation sites (tertiary alicyclic amines) is 1. The summed E-state index contributed by atoms with van der Waals surface area (Å²) in [6.07, 6.45) is 9.55. The Bertz CT molecular complexity index is 709. The maximum absolute atomic E-state index is 12.8. The largest absolute Gasteiger partial charge is 0.352 e. The minimum absolute atomic E-state index is 0.0515. The fraction of sp³-hybridized carbons (Fsp3) is 0.476. The van der Waals surface area contributed by atoms with Crippen molar-refractivity contribution in [2.45, 2.75) is 45.2 Å². The smallest absolute Gasteiger partial charge is 0.223 e. The molecule has 0 bridgehead atoms. The van der Waals surface area contributed by atoms with Crippen LogP contribution in [0.1, 0.15) is 37.7 Å². The number of aryl methyl sites for hydroxylation is 1. The highest BCUT2D eigenvalue weighted by molar-refractivity contribution is 5.85. The quantitative estimate of drug-likeness (QED) is 0.779. The van der Waals surface area contributed by atoms with Gasteiger partial charge in [-0.25, -0.2) is 4.98 Å². The van der Waals surface area contributed by atoms with Crippen LogP contribution in [-0.2, 0) is 22.7 Å². The van der Waals surface area contributed by atoms with Crippen LogP contribution in [0.3, 0.4) is 0 Å². The Morgan fingerprint density at radius 3 is 2.59 bits per heavy atom. The minimum Gasteiger partial charge on any atom is -0.352 e. The molecule has 1 aliphatic rings. The molecule has 0 unspecified atom stereocenters. The molecular formula is C21H28N4O2. The second-order valence-corrected chi connectivity index (χ2v) is 7.14. The number of amides is 2. The van der Waals surface area contributed by atoms with E-state index in [0.29, 0.717) is 19.5 Å². The van der Waals surface area contributed by atoms with Crippen molar-refractivity contribution in [2.24, 2.45) is 5.92 Å². The van der Waals surface area contributed by atoms with Gasteiger partial charge in [0.1, 0.15) is 0 Å². The topological polar surface area (TPSA) is 67.2 Å². The number of hydrogen-bond acceptors (Lipinski definition) is 3. The average molecular weight is 368 g/mol. The summed E-state index contributed by atoms with van der Waals surface area (Å²) in [7, 11) is 0. The molecule has 1 atom stereocenters. The van der Waals surface area contributed by atoms with Gasteiger partial charge in [-0.3, -0.25) is 9.59 Å². The summed E-state index contributed by atoms with van der Waals surface area (Å²) >= 11 is 0. The molecule has 1 aliphatic heterocycles. The van der Waals surface area contributed by atoms with E-state index in [2.05, 4.69) is 10.3 Å². The Morgan fingerprint density at radius 2 is 1.89 bits per heavy atom. The lowest BCUT2D eigenvalue weighted by Crippen LogP contribution is -2.39. The Kier molecular flexibility index (Phi) is 7.02. The molecule has 1 fully saturated rings. The van der Waals surface area contributed by atoms with Gasteiger partial charge in [0, 0.05) is 50.9 Å². The van der Waals surface area contributed by atoms with Crippen molar-refractivity contribution in [1.82, 2.24) is 19.8 Å². The van der Waals surface area contributed by atoms with Gasteiger partial charge in [-0.05, 0) is 31.2 Å². The number of aromatic nitrogens is 2.